The summed E-state index contributed by atoms with van der Waals surface area (Å²) in [5.74, 6) is -0.458. The molecule has 7 heteroatoms. The third-order valence-corrected chi connectivity index (χ3v) is 6.90. The van der Waals surface area contributed by atoms with E-state index in [1.54, 1.807) is 0 Å². The predicted octanol–water partition coefficient (Wildman–Crippen LogP) is 4.15. The predicted molar refractivity (Wildman–Crippen MR) is 127 cm³/mol. The van der Waals surface area contributed by atoms with E-state index in [0.29, 0.717) is 24.3 Å². The van der Waals surface area contributed by atoms with Gasteiger partial charge in [0.1, 0.15) is 13.2 Å². The molecule has 7 nitrogen and oxygen atoms in total. The zero-order valence-electron chi connectivity index (χ0n) is 19.9. The van der Waals surface area contributed by atoms with E-state index in [1.165, 1.54) is 22.4 Å². The Hall–Kier alpha value is -3.45. The average Bonchev–Trinajstić information content (AvgIpc) is 3.57. The highest BCUT2D eigenvalue weighted by Gasteiger charge is 2.26. The maximum Gasteiger partial charge on any atom is 0.338 e. The Labute approximate surface area is 199 Å². The third kappa shape index (κ3) is 3.80. The fourth-order valence-electron chi connectivity index (χ4n) is 5.00. The molecule has 4 heterocycles. The number of hydrogen-bond donors (Lipinski definition) is 0. The summed E-state index contributed by atoms with van der Waals surface area (Å²) in [6.45, 7) is 9.61. The number of hydrogen-bond acceptors (Lipinski definition) is 6. The quantitative estimate of drug-likeness (QED) is 0.546. The van der Waals surface area contributed by atoms with Crippen LogP contribution in [-0.4, -0.2) is 39.7 Å². The van der Waals surface area contributed by atoms with Gasteiger partial charge in [0, 0.05) is 48.4 Å². The molecule has 0 radical (unpaired) electrons. The summed E-state index contributed by atoms with van der Waals surface area (Å²) in [4.78, 5) is 25.9. The summed E-state index contributed by atoms with van der Waals surface area (Å²) >= 11 is 0. The van der Waals surface area contributed by atoms with Crippen molar-refractivity contribution in [3.63, 3.8) is 0 Å². The van der Waals surface area contributed by atoms with Crippen molar-refractivity contribution in [3.8, 4) is 5.69 Å². The number of ether oxygens (including phenoxy) is 2. The van der Waals surface area contributed by atoms with Gasteiger partial charge in [-0.1, -0.05) is 19.9 Å². The molecule has 3 aliphatic heterocycles. The van der Waals surface area contributed by atoms with Gasteiger partial charge in [0.05, 0.1) is 23.0 Å². The number of nitrogens with zero attached hydrogens (tertiary/aromatic N) is 3. The second kappa shape index (κ2) is 9.06. The van der Waals surface area contributed by atoms with Crippen LogP contribution in [0.15, 0.2) is 36.5 Å². The van der Waals surface area contributed by atoms with E-state index in [4.69, 9.17) is 9.47 Å². The molecule has 0 atom stereocenters. The normalized spacial score (nSPS) is 16.2. The average molecular weight is 460 g/mol. The number of aromatic nitrogens is 2. The number of carbonyl (C=O) groups is 2. The fourth-order valence-corrected chi connectivity index (χ4v) is 5.00. The van der Waals surface area contributed by atoms with E-state index in [9.17, 15) is 9.59 Å². The van der Waals surface area contributed by atoms with Gasteiger partial charge in [0.2, 0.25) is 0 Å². The maximum atomic E-state index is 11.8. The molecule has 0 aliphatic carbocycles. The molecule has 34 heavy (non-hydrogen) atoms. The Morgan fingerprint density at radius 2 is 1.74 bits per heavy atom. The first-order chi connectivity index (χ1) is 16.6. The number of rotatable bonds is 4. The van der Waals surface area contributed by atoms with Crippen LogP contribution in [0.3, 0.4) is 0 Å². The maximum absolute atomic E-state index is 11.8. The largest absolute Gasteiger partial charge is 0.457 e. The first kappa shape index (κ1) is 22.3. The molecule has 0 N–H and O–H groups in total. The van der Waals surface area contributed by atoms with Crippen LogP contribution in [0, 0.1) is 6.92 Å². The highest BCUT2D eigenvalue weighted by atomic mass is 16.5. The first-order valence-corrected chi connectivity index (χ1v) is 12.0. The Morgan fingerprint density at radius 3 is 2.59 bits per heavy atom. The van der Waals surface area contributed by atoms with Gasteiger partial charge in [-0.2, -0.15) is 5.10 Å². The van der Waals surface area contributed by atoms with Crippen LogP contribution in [0.5, 0.6) is 0 Å². The molecular formula is C27H29N3O4. The van der Waals surface area contributed by atoms with E-state index >= 15 is 0 Å². The van der Waals surface area contributed by atoms with Crippen LogP contribution in [0.1, 0.15) is 68.1 Å². The lowest BCUT2D eigenvalue weighted by Gasteiger charge is -2.27. The van der Waals surface area contributed by atoms with Gasteiger partial charge in [-0.25, -0.2) is 14.3 Å². The zero-order chi connectivity index (χ0) is 23.8. The van der Waals surface area contributed by atoms with Crippen LogP contribution in [-0.2, 0) is 42.1 Å². The molecule has 0 saturated carbocycles. The summed E-state index contributed by atoms with van der Waals surface area (Å²) in [5.41, 5.74) is 9.23. The van der Waals surface area contributed by atoms with Crippen molar-refractivity contribution in [1.82, 2.24) is 14.7 Å². The van der Waals surface area contributed by atoms with Crippen molar-refractivity contribution in [3.05, 3.63) is 81.2 Å². The smallest absolute Gasteiger partial charge is 0.338 e. The molecule has 0 amide bonds. The van der Waals surface area contributed by atoms with E-state index < -0.39 is 0 Å². The van der Waals surface area contributed by atoms with Crippen molar-refractivity contribution in [2.24, 2.45) is 0 Å². The van der Waals surface area contributed by atoms with Gasteiger partial charge in [0.15, 0.2) is 0 Å². The van der Waals surface area contributed by atoms with Crippen LogP contribution in [0.25, 0.3) is 5.69 Å². The van der Waals surface area contributed by atoms with Gasteiger partial charge in [0.25, 0.3) is 0 Å². The second-order valence-corrected chi connectivity index (χ2v) is 8.67. The summed E-state index contributed by atoms with van der Waals surface area (Å²) in [5, 5.41) is 4.64. The molecule has 1 aromatic heterocycles. The van der Waals surface area contributed by atoms with Crippen LogP contribution in [0.2, 0.25) is 0 Å². The van der Waals surface area contributed by atoms with Gasteiger partial charge in [-0.05, 0) is 48.7 Å². The van der Waals surface area contributed by atoms with E-state index in [0.717, 1.165) is 49.3 Å². The van der Waals surface area contributed by atoms with Crippen LogP contribution < -0.4 is 0 Å². The minimum atomic E-state index is -0.248. The molecule has 0 fully saturated rings. The number of benzene rings is 2. The lowest BCUT2D eigenvalue weighted by Crippen LogP contribution is -2.32. The van der Waals surface area contributed by atoms with E-state index in [2.05, 4.69) is 23.0 Å². The molecular weight excluding hydrogens is 430 g/mol. The van der Waals surface area contributed by atoms with Crippen molar-refractivity contribution in [1.29, 1.82) is 0 Å². The van der Waals surface area contributed by atoms with E-state index in [1.807, 2.05) is 49.0 Å². The van der Waals surface area contributed by atoms with Gasteiger partial charge in [-0.3, -0.25) is 4.90 Å². The summed E-state index contributed by atoms with van der Waals surface area (Å²) < 4.78 is 12.3. The zero-order valence-corrected chi connectivity index (χ0v) is 19.9. The Bertz CT molecular complexity index is 1280. The summed E-state index contributed by atoms with van der Waals surface area (Å²) in [6.07, 6.45) is 3.82. The molecule has 0 saturated heterocycles. The first-order valence-electron chi connectivity index (χ1n) is 12.0. The summed E-state index contributed by atoms with van der Waals surface area (Å²) in [6, 6.07) is 9.75. The highest BCUT2D eigenvalue weighted by Crippen LogP contribution is 2.28. The number of carbonyl (C=O) groups excluding carboxylic acids is 2. The van der Waals surface area contributed by atoms with Crippen molar-refractivity contribution >= 4 is 11.9 Å². The molecule has 176 valence electrons. The molecule has 3 aliphatic rings. The van der Waals surface area contributed by atoms with Crippen LogP contribution >= 0.6 is 0 Å². The Kier molecular flexibility index (Phi) is 5.96. The molecule has 0 spiro atoms. The SMILES string of the molecule is CC.Cc1c(CCN2CCc3c(cnn3-c3ccc4c(c3)COC4=O)C2)ccc2c1COC2=O. The minimum Gasteiger partial charge on any atom is -0.457 e. The highest BCUT2D eigenvalue weighted by molar-refractivity contribution is 5.94. The molecule has 0 bridgehead atoms. The molecule has 6 rings (SSSR count). The third-order valence-electron chi connectivity index (χ3n) is 6.90. The van der Waals surface area contributed by atoms with Gasteiger partial charge >= 0.3 is 11.9 Å². The standard InChI is InChI=1S/C25H23N3O4.C2H6/c1-15-16(2-4-21-22(15)14-32-25(21)30)6-8-27-9-7-23-18(12-27)11-26-28(23)19-3-5-20-17(10-19)13-31-24(20)29;1-2/h2-5,10-11H,6-9,12-14H2,1H3;1-2H3. The van der Waals surface area contributed by atoms with Crippen molar-refractivity contribution in [2.75, 3.05) is 13.1 Å². The monoisotopic (exact) mass is 459 g/mol. The minimum absolute atomic E-state index is 0.210. The Morgan fingerprint density at radius 1 is 0.971 bits per heavy atom. The summed E-state index contributed by atoms with van der Waals surface area (Å²) in [7, 11) is 0. The van der Waals surface area contributed by atoms with Crippen LogP contribution in [0.4, 0.5) is 0 Å². The number of fused-ring (bicyclic) bond motifs is 3. The lowest BCUT2D eigenvalue weighted by molar-refractivity contribution is 0.0526. The van der Waals surface area contributed by atoms with Gasteiger partial charge < -0.3 is 9.47 Å². The van der Waals surface area contributed by atoms with Crippen molar-refractivity contribution < 1.29 is 19.1 Å². The molecule has 2 aromatic carbocycles. The topological polar surface area (TPSA) is 73.7 Å². The second-order valence-electron chi connectivity index (χ2n) is 8.67. The number of esters is 2. The Balaban J connectivity index is 0.00000117. The van der Waals surface area contributed by atoms with Gasteiger partial charge in [-0.15, -0.1) is 0 Å². The van der Waals surface area contributed by atoms with E-state index in [-0.39, 0.29) is 11.9 Å². The van der Waals surface area contributed by atoms with Crippen molar-refractivity contribution in [2.45, 2.75) is 53.4 Å². The number of cyclic esters (lactones) is 2. The molecule has 3 aromatic rings. The lowest BCUT2D eigenvalue weighted by atomic mass is 9.96. The fraction of sp³-hybridized carbons (Fsp3) is 0.370. The molecule has 0 unspecified atom stereocenters.